The number of hydrogen-bond donors (Lipinski definition) is 1. The van der Waals surface area contributed by atoms with Crippen LogP contribution in [0.1, 0.15) is 40.2 Å². The number of benzene rings is 1. The predicted molar refractivity (Wildman–Crippen MR) is 97.2 cm³/mol. The highest BCUT2D eigenvalue weighted by atomic mass is 32.1. The van der Waals surface area contributed by atoms with E-state index in [2.05, 4.69) is 34.6 Å². The minimum atomic E-state index is -1.01. The molecule has 2 aliphatic rings. The van der Waals surface area contributed by atoms with Gasteiger partial charge in [0.1, 0.15) is 5.75 Å². The van der Waals surface area contributed by atoms with Gasteiger partial charge in [-0.1, -0.05) is 40.7 Å². The number of phenolic OH excluding ortho intramolecular Hbond substituents is 1. The lowest BCUT2D eigenvalue weighted by atomic mass is 9.57. The number of fused-ring (bicyclic) bond motifs is 1. The summed E-state index contributed by atoms with van der Waals surface area (Å²) in [5.41, 5.74) is 0.638. The van der Waals surface area contributed by atoms with Gasteiger partial charge in [0.2, 0.25) is 0 Å². The summed E-state index contributed by atoms with van der Waals surface area (Å²) in [5.74, 6) is -0.818. The van der Waals surface area contributed by atoms with Crippen molar-refractivity contribution in [1.29, 1.82) is 0 Å². The topological polar surface area (TPSA) is 47.9 Å². The highest BCUT2D eigenvalue weighted by molar-refractivity contribution is 7.13. The van der Waals surface area contributed by atoms with Crippen LogP contribution in [0.15, 0.2) is 35.7 Å². The molecular formula is C20H24O4S. The first-order valence-corrected chi connectivity index (χ1v) is 9.40. The number of hydrogen-bond acceptors (Lipinski definition) is 5. The summed E-state index contributed by atoms with van der Waals surface area (Å²) in [5, 5.41) is 12.4. The van der Waals surface area contributed by atoms with E-state index in [1.54, 1.807) is 23.5 Å². The van der Waals surface area contributed by atoms with Gasteiger partial charge in [0, 0.05) is 21.3 Å². The second-order valence-corrected chi connectivity index (χ2v) is 9.58. The molecule has 0 spiro atoms. The average molecular weight is 360 g/mol. The van der Waals surface area contributed by atoms with E-state index in [9.17, 15) is 5.11 Å². The lowest BCUT2D eigenvalue weighted by molar-refractivity contribution is -0.626. The molecule has 4 rings (SSSR count). The summed E-state index contributed by atoms with van der Waals surface area (Å²) in [6, 6.07) is 9.57. The van der Waals surface area contributed by atoms with Crippen molar-refractivity contribution in [2.45, 2.75) is 46.0 Å². The van der Waals surface area contributed by atoms with Gasteiger partial charge in [0.25, 0.3) is 5.79 Å². The predicted octanol–water partition coefficient (Wildman–Crippen LogP) is 5.08. The van der Waals surface area contributed by atoms with Crippen molar-refractivity contribution < 1.29 is 19.6 Å². The highest BCUT2D eigenvalue weighted by Gasteiger charge is 2.81. The molecule has 5 heteroatoms. The van der Waals surface area contributed by atoms with Gasteiger partial charge >= 0.3 is 0 Å². The van der Waals surface area contributed by atoms with Gasteiger partial charge in [-0.25, -0.2) is 4.89 Å². The standard InChI is InChI=1S/C20H24O4S/c1-17(2,3)20-18(4,5)12-22-19(20,23-24-20)14-9-13(10-15(21)11-14)16-7-6-8-25-16/h6-11,21H,12H2,1-5H3. The Kier molecular flexibility index (Phi) is 3.46. The van der Waals surface area contributed by atoms with E-state index in [1.807, 2.05) is 23.6 Å². The number of phenols is 1. The fraction of sp³-hybridized carbons (Fsp3) is 0.500. The van der Waals surface area contributed by atoms with E-state index in [-0.39, 0.29) is 16.6 Å². The summed E-state index contributed by atoms with van der Waals surface area (Å²) in [4.78, 5) is 12.6. The van der Waals surface area contributed by atoms with E-state index in [0.29, 0.717) is 6.61 Å². The molecule has 2 aliphatic heterocycles. The van der Waals surface area contributed by atoms with Gasteiger partial charge in [-0.2, -0.15) is 4.89 Å². The summed E-state index contributed by atoms with van der Waals surface area (Å²) < 4.78 is 6.24. The molecule has 1 aromatic carbocycles. The summed E-state index contributed by atoms with van der Waals surface area (Å²) in [6.45, 7) is 11.2. The van der Waals surface area contributed by atoms with Crippen LogP contribution in [0, 0.1) is 10.8 Å². The van der Waals surface area contributed by atoms with Crippen molar-refractivity contribution in [3.05, 3.63) is 41.3 Å². The molecule has 3 heterocycles. The molecule has 2 unspecified atom stereocenters. The minimum Gasteiger partial charge on any atom is -0.508 e. The molecular weight excluding hydrogens is 336 g/mol. The molecule has 4 nitrogen and oxygen atoms in total. The molecule has 2 saturated heterocycles. The smallest absolute Gasteiger partial charge is 0.261 e. The van der Waals surface area contributed by atoms with Gasteiger partial charge in [-0.15, -0.1) is 11.3 Å². The monoisotopic (exact) mass is 360 g/mol. The van der Waals surface area contributed by atoms with Crippen LogP contribution >= 0.6 is 11.3 Å². The number of ether oxygens (including phenoxy) is 1. The van der Waals surface area contributed by atoms with E-state index < -0.39 is 11.4 Å². The third-order valence-electron chi connectivity index (χ3n) is 5.50. The molecule has 25 heavy (non-hydrogen) atoms. The first-order valence-electron chi connectivity index (χ1n) is 8.52. The molecule has 1 aromatic heterocycles. The van der Waals surface area contributed by atoms with Gasteiger partial charge in [0.15, 0.2) is 5.60 Å². The molecule has 0 amide bonds. The van der Waals surface area contributed by atoms with Crippen molar-refractivity contribution in [3.63, 3.8) is 0 Å². The second-order valence-electron chi connectivity index (χ2n) is 8.63. The third kappa shape index (κ3) is 2.04. The Labute approximate surface area is 152 Å². The zero-order valence-corrected chi connectivity index (χ0v) is 16.1. The average Bonchev–Trinajstić information content (AvgIpc) is 3.02. The Morgan fingerprint density at radius 3 is 2.44 bits per heavy atom. The normalized spacial score (nSPS) is 30.8. The number of aromatic hydroxyl groups is 1. The molecule has 0 saturated carbocycles. The minimum absolute atomic E-state index is 0.196. The van der Waals surface area contributed by atoms with Crippen molar-refractivity contribution in [1.82, 2.24) is 0 Å². The van der Waals surface area contributed by atoms with Crippen LogP contribution < -0.4 is 0 Å². The lowest BCUT2D eigenvalue weighted by Crippen LogP contribution is -2.73. The molecule has 2 atom stereocenters. The van der Waals surface area contributed by atoms with Crippen molar-refractivity contribution in [2.24, 2.45) is 10.8 Å². The van der Waals surface area contributed by atoms with Gasteiger partial charge in [-0.05, 0) is 35.2 Å². The molecule has 0 bridgehead atoms. The maximum Gasteiger partial charge on any atom is 0.261 e. The lowest BCUT2D eigenvalue weighted by Gasteiger charge is -2.61. The summed E-state index contributed by atoms with van der Waals surface area (Å²) in [6.07, 6.45) is 0. The quantitative estimate of drug-likeness (QED) is 0.759. The van der Waals surface area contributed by atoms with Gasteiger partial charge in [0.05, 0.1) is 6.61 Å². The molecule has 0 radical (unpaired) electrons. The van der Waals surface area contributed by atoms with Crippen molar-refractivity contribution in [2.75, 3.05) is 6.61 Å². The summed E-state index contributed by atoms with van der Waals surface area (Å²) >= 11 is 1.63. The van der Waals surface area contributed by atoms with Crippen LogP contribution in [-0.4, -0.2) is 17.3 Å². The van der Waals surface area contributed by atoms with Crippen LogP contribution in [0.4, 0.5) is 0 Å². The molecule has 1 N–H and O–H groups in total. The molecule has 2 fully saturated rings. The first kappa shape index (κ1) is 17.0. The molecule has 2 aromatic rings. The van der Waals surface area contributed by atoms with Gasteiger partial charge in [-0.3, -0.25) is 0 Å². The Hall–Kier alpha value is -1.40. The third-order valence-corrected chi connectivity index (χ3v) is 6.42. The number of rotatable bonds is 2. The first-order chi connectivity index (χ1) is 11.6. The van der Waals surface area contributed by atoms with Crippen molar-refractivity contribution in [3.8, 4) is 16.2 Å². The van der Waals surface area contributed by atoms with E-state index in [0.717, 1.165) is 16.0 Å². The highest BCUT2D eigenvalue weighted by Crippen LogP contribution is 2.69. The van der Waals surface area contributed by atoms with Crippen LogP contribution in [-0.2, 0) is 20.3 Å². The van der Waals surface area contributed by atoms with Crippen LogP contribution in [0.2, 0.25) is 0 Å². The largest absolute Gasteiger partial charge is 0.508 e. The van der Waals surface area contributed by atoms with Crippen LogP contribution in [0.3, 0.4) is 0 Å². The number of thiophene rings is 1. The maximum absolute atomic E-state index is 10.3. The Morgan fingerprint density at radius 1 is 1.12 bits per heavy atom. The Morgan fingerprint density at radius 2 is 1.88 bits per heavy atom. The van der Waals surface area contributed by atoms with Gasteiger partial charge < -0.3 is 9.84 Å². The van der Waals surface area contributed by atoms with E-state index >= 15 is 0 Å². The van der Waals surface area contributed by atoms with Crippen LogP contribution in [0.25, 0.3) is 10.4 Å². The fourth-order valence-corrected chi connectivity index (χ4v) is 5.34. The zero-order valence-electron chi connectivity index (χ0n) is 15.3. The Balaban J connectivity index is 1.90. The van der Waals surface area contributed by atoms with Crippen molar-refractivity contribution >= 4 is 11.3 Å². The van der Waals surface area contributed by atoms with E-state index in [4.69, 9.17) is 14.5 Å². The zero-order chi connectivity index (χ0) is 18.1. The second kappa shape index (κ2) is 5.07. The summed E-state index contributed by atoms with van der Waals surface area (Å²) in [7, 11) is 0. The van der Waals surface area contributed by atoms with E-state index in [1.165, 1.54) is 0 Å². The molecule has 134 valence electrons. The molecule has 0 aliphatic carbocycles. The fourth-order valence-electron chi connectivity index (χ4n) is 4.62. The van der Waals surface area contributed by atoms with Crippen LogP contribution in [0.5, 0.6) is 5.75 Å². The Bertz CT molecular complexity index is 806. The SMILES string of the molecule is CC(C)(C)C12OOC1(c1cc(O)cc(-c3cccs3)c1)OCC2(C)C. The maximum atomic E-state index is 10.3.